The summed E-state index contributed by atoms with van der Waals surface area (Å²) in [4.78, 5) is 23.9. The van der Waals surface area contributed by atoms with Gasteiger partial charge in [0.05, 0.1) is 7.11 Å². The van der Waals surface area contributed by atoms with E-state index >= 15 is 0 Å². The molecule has 6 nitrogen and oxygen atoms in total. The van der Waals surface area contributed by atoms with Crippen LogP contribution in [-0.4, -0.2) is 32.0 Å². The highest BCUT2D eigenvalue weighted by Gasteiger charge is 2.11. The number of amides is 2. The molecule has 140 valence electrons. The van der Waals surface area contributed by atoms with Crippen LogP contribution in [0.25, 0.3) is 0 Å². The molecular formula is C19H24ClN3O3. The van der Waals surface area contributed by atoms with Crippen molar-refractivity contribution in [1.29, 1.82) is 0 Å². The van der Waals surface area contributed by atoms with E-state index in [-0.39, 0.29) is 36.7 Å². The summed E-state index contributed by atoms with van der Waals surface area (Å²) in [6.07, 6.45) is 0.205. The molecule has 0 aliphatic carbocycles. The molecule has 0 heterocycles. The van der Waals surface area contributed by atoms with Crippen LogP contribution in [0.2, 0.25) is 0 Å². The monoisotopic (exact) mass is 377 g/mol. The summed E-state index contributed by atoms with van der Waals surface area (Å²) in [5.74, 6) is 0.353. The molecule has 4 N–H and O–H groups in total. The van der Waals surface area contributed by atoms with Gasteiger partial charge in [0, 0.05) is 31.1 Å². The predicted molar refractivity (Wildman–Crippen MR) is 104 cm³/mol. The number of hydrogen-bond donors (Lipinski definition) is 3. The molecule has 2 aromatic carbocycles. The molecule has 0 spiro atoms. The minimum Gasteiger partial charge on any atom is -0.497 e. The molecular weight excluding hydrogens is 354 g/mol. The Morgan fingerprint density at radius 2 is 1.62 bits per heavy atom. The van der Waals surface area contributed by atoms with Gasteiger partial charge >= 0.3 is 0 Å². The van der Waals surface area contributed by atoms with Crippen LogP contribution < -0.4 is 21.1 Å². The molecule has 7 heteroatoms. The van der Waals surface area contributed by atoms with Crippen molar-refractivity contribution in [3.05, 3.63) is 65.7 Å². The molecule has 2 aromatic rings. The number of hydrogen-bond acceptors (Lipinski definition) is 4. The fourth-order valence-electron chi connectivity index (χ4n) is 2.31. The van der Waals surface area contributed by atoms with E-state index in [0.717, 1.165) is 5.56 Å². The van der Waals surface area contributed by atoms with Gasteiger partial charge in [0.1, 0.15) is 5.75 Å². The Bertz CT molecular complexity index is 693. The molecule has 1 unspecified atom stereocenters. The number of carbonyl (C=O) groups is 2. The number of benzene rings is 2. The summed E-state index contributed by atoms with van der Waals surface area (Å²) in [6.45, 7) is 0.694. The zero-order chi connectivity index (χ0) is 18.1. The van der Waals surface area contributed by atoms with E-state index < -0.39 is 0 Å². The number of nitrogens with two attached hydrogens (primary N) is 1. The van der Waals surface area contributed by atoms with Gasteiger partial charge < -0.3 is 21.1 Å². The number of halogens is 1. The van der Waals surface area contributed by atoms with E-state index in [0.29, 0.717) is 24.4 Å². The Kier molecular flexibility index (Phi) is 9.19. The number of methoxy groups -OCH3 is 1. The summed E-state index contributed by atoms with van der Waals surface area (Å²) < 4.78 is 5.05. The third-order valence-corrected chi connectivity index (χ3v) is 3.72. The SMILES string of the molecule is COc1ccc(C(=O)NCCNC(=O)CC(N)c2ccccc2)cc1.Cl. The molecule has 2 rings (SSSR count). The highest BCUT2D eigenvalue weighted by atomic mass is 35.5. The van der Waals surface area contributed by atoms with Crippen molar-refractivity contribution in [2.24, 2.45) is 5.73 Å². The van der Waals surface area contributed by atoms with E-state index in [1.165, 1.54) is 0 Å². The van der Waals surface area contributed by atoms with Gasteiger partial charge in [0.15, 0.2) is 0 Å². The fraction of sp³-hybridized carbons (Fsp3) is 0.263. The van der Waals surface area contributed by atoms with Crippen molar-refractivity contribution in [2.75, 3.05) is 20.2 Å². The topological polar surface area (TPSA) is 93.5 Å². The summed E-state index contributed by atoms with van der Waals surface area (Å²) in [7, 11) is 1.57. The van der Waals surface area contributed by atoms with E-state index in [4.69, 9.17) is 10.5 Å². The van der Waals surface area contributed by atoms with Crippen molar-refractivity contribution >= 4 is 24.2 Å². The third-order valence-electron chi connectivity index (χ3n) is 3.72. The Morgan fingerprint density at radius 1 is 1.00 bits per heavy atom. The second kappa shape index (κ2) is 11.1. The molecule has 0 radical (unpaired) electrons. The standard InChI is InChI=1S/C19H23N3O3.ClH/c1-25-16-9-7-15(8-10-16)19(24)22-12-11-21-18(23)13-17(20)14-5-3-2-4-6-14;/h2-10,17H,11-13,20H2,1H3,(H,21,23)(H,22,24);1H. The third kappa shape index (κ3) is 6.74. The molecule has 0 aliphatic rings. The maximum absolute atomic E-state index is 12.0. The highest BCUT2D eigenvalue weighted by Crippen LogP contribution is 2.13. The molecule has 0 bridgehead atoms. The fourth-order valence-corrected chi connectivity index (χ4v) is 2.31. The van der Waals surface area contributed by atoms with Gasteiger partial charge in [-0.3, -0.25) is 9.59 Å². The van der Waals surface area contributed by atoms with Crippen LogP contribution in [0.1, 0.15) is 28.4 Å². The number of rotatable bonds is 8. The molecule has 26 heavy (non-hydrogen) atoms. The van der Waals surface area contributed by atoms with E-state index in [1.54, 1.807) is 31.4 Å². The van der Waals surface area contributed by atoms with Crippen LogP contribution in [0, 0.1) is 0 Å². The molecule has 0 saturated carbocycles. The van der Waals surface area contributed by atoms with Gasteiger partial charge in [0.2, 0.25) is 5.91 Å². The maximum Gasteiger partial charge on any atom is 0.251 e. The zero-order valence-electron chi connectivity index (χ0n) is 14.6. The smallest absolute Gasteiger partial charge is 0.251 e. The second-order valence-corrected chi connectivity index (χ2v) is 5.56. The second-order valence-electron chi connectivity index (χ2n) is 5.56. The van der Waals surface area contributed by atoms with Crippen molar-refractivity contribution in [2.45, 2.75) is 12.5 Å². The van der Waals surface area contributed by atoms with E-state index in [1.807, 2.05) is 30.3 Å². The van der Waals surface area contributed by atoms with Crippen molar-refractivity contribution in [3.63, 3.8) is 0 Å². The summed E-state index contributed by atoms with van der Waals surface area (Å²) in [5, 5.41) is 5.51. The van der Waals surface area contributed by atoms with Crippen molar-refractivity contribution in [1.82, 2.24) is 10.6 Å². The first-order valence-corrected chi connectivity index (χ1v) is 8.09. The molecule has 0 saturated heterocycles. The van der Waals surface area contributed by atoms with Crippen LogP contribution >= 0.6 is 12.4 Å². The van der Waals surface area contributed by atoms with Gasteiger partial charge in [-0.25, -0.2) is 0 Å². The van der Waals surface area contributed by atoms with Crippen LogP contribution in [0.15, 0.2) is 54.6 Å². The predicted octanol–water partition coefficient (Wildman–Crippen LogP) is 2.05. The Morgan fingerprint density at radius 3 is 2.23 bits per heavy atom. The largest absolute Gasteiger partial charge is 0.497 e. The lowest BCUT2D eigenvalue weighted by molar-refractivity contribution is -0.121. The Labute approximate surface area is 159 Å². The van der Waals surface area contributed by atoms with Crippen LogP contribution in [-0.2, 0) is 4.79 Å². The first kappa shape index (κ1) is 21.5. The molecule has 1 atom stereocenters. The summed E-state index contributed by atoms with van der Waals surface area (Å²) in [6, 6.07) is 16.0. The lowest BCUT2D eigenvalue weighted by atomic mass is 10.0. The molecule has 2 amide bonds. The van der Waals surface area contributed by atoms with Crippen molar-refractivity contribution < 1.29 is 14.3 Å². The van der Waals surface area contributed by atoms with Gasteiger partial charge in [-0.15, -0.1) is 12.4 Å². The molecule has 0 aromatic heterocycles. The Balaban J connectivity index is 0.00000338. The average molecular weight is 378 g/mol. The first-order chi connectivity index (χ1) is 12.1. The lowest BCUT2D eigenvalue weighted by Gasteiger charge is -2.12. The van der Waals surface area contributed by atoms with Crippen LogP contribution in [0.3, 0.4) is 0 Å². The first-order valence-electron chi connectivity index (χ1n) is 8.09. The van der Waals surface area contributed by atoms with Gasteiger partial charge in [0.25, 0.3) is 5.91 Å². The van der Waals surface area contributed by atoms with Gasteiger partial charge in [-0.2, -0.15) is 0 Å². The van der Waals surface area contributed by atoms with Crippen LogP contribution in [0.4, 0.5) is 0 Å². The summed E-state index contributed by atoms with van der Waals surface area (Å²) in [5.41, 5.74) is 7.47. The zero-order valence-corrected chi connectivity index (χ0v) is 15.4. The molecule has 0 aliphatic heterocycles. The van der Waals surface area contributed by atoms with E-state index in [2.05, 4.69) is 10.6 Å². The Hall–Kier alpha value is -2.57. The minimum absolute atomic E-state index is 0. The number of carbonyl (C=O) groups excluding carboxylic acids is 2. The molecule has 0 fully saturated rings. The van der Waals surface area contributed by atoms with Gasteiger partial charge in [-0.1, -0.05) is 30.3 Å². The van der Waals surface area contributed by atoms with Crippen molar-refractivity contribution in [3.8, 4) is 5.75 Å². The highest BCUT2D eigenvalue weighted by molar-refractivity contribution is 5.94. The number of nitrogens with one attached hydrogen (secondary N) is 2. The average Bonchev–Trinajstić information content (AvgIpc) is 2.65. The quantitative estimate of drug-likeness (QED) is 0.614. The minimum atomic E-state index is -0.338. The maximum atomic E-state index is 12.0. The summed E-state index contributed by atoms with van der Waals surface area (Å²) >= 11 is 0. The normalized spacial score (nSPS) is 11.0. The van der Waals surface area contributed by atoms with Gasteiger partial charge in [-0.05, 0) is 29.8 Å². The van der Waals surface area contributed by atoms with Crippen LogP contribution in [0.5, 0.6) is 5.75 Å². The number of ether oxygens (including phenoxy) is 1. The lowest BCUT2D eigenvalue weighted by Crippen LogP contribution is -2.35. The van der Waals surface area contributed by atoms with E-state index in [9.17, 15) is 9.59 Å².